The quantitative estimate of drug-likeness (QED) is 0.905. The number of ether oxygens (including phenoxy) is 2. The number of hydrogen-bond donors (Lipinski definition) is 1. The Hall–Kier alpha value is -1.95. The summed E-state index contributed by atoms with van der Waals surface area (Å²) in [6.07, 6.45) is 3.03. The summed E-state index contributed by atoms with van der Waals surface area (Å²) in [5.41, 5.74) is 1.08. The second kappa shape index (κ2) is 7.75. The number of hydrogen-bond acceptors (Lipinski definition) is 5. The van der Waals surface area contributed by atoms with Gasteiger partial charge >= 0.3 is 0 Å². The fraction of sp³-hybridized carbons (Fsp3) is 0.611. The molecule has 1 N–H and O–H groups in total. The summed E-state index contributed by atoms with van der Waals surface area (Å²) in [6, 6.07) is 5.95. The topological polar surface area (TPSA) is 54.0 Å². The van der Waals surface area contributed by atoms with Crippen molar-refractivity contribution < 1.29 is 14.3 Å². The van der Waals surface area contributed by atoms with Gasteiger partial charge in [-0.2, -0.15) is 0 Å². The van der Waals surface area contributed by atoms with E-state index in [0.717, 1.165) is 69.2 Å². The Morgan fingerprint density at radius 2 is 1.79 bits per heavy atom. The van der Waals surface area contributed by atoms with Crippen molar-refractivity contribution in [3.63, 3.8) is 0 Å². The molecule has 1 atom stereocenters. The molecule has 2 aliphatic rings. The lowest BCUT2D eigenvalue weighted by molar-refractivity contribution is -0.132. The van der Waals surface area contributed by atoms with Crippen LogP contribution in [0.15, 0.2) is 18.2 Å². The van der Waals surface area contributed by atoms with E-state index in [1.54, 1.807) is 14.2 Å². The molecule has 1 amide bonds. The molecule has 132 valence electrons. The summed E-state index contributed by atoms with van der Waals surface area (Å²) in [4.78, 5) is 16.9. The Kier molecular flexibility index (Phi) is 5.45. The zero-order valence-corrected chi connectivity index (χ0v) is 14.6. The minimum atomic E-state index is 0.0217. The number of benzene rings is 1. The number of carbonyl (C=O) groups is 1. The van der Waals surface area contributed by atoms with Crippen molar-refractivity contribution in [1.82, 2.24) is 10.2 Å². The highest BCUT2D eigenvalue weighted by atomic mass is 16.5. The molecule has 2 aliphatic heterocycles. The summed E-state index contributed by atoms with van der Waals surface area (Å²) in [5.74, 6) is 1.84. The van der Waals surface area contributed by atoms with Crippen LogP contribution in [0.2, 0.25) is 0 Å². The van der Waals surface area contributed by atoms with Gasteiger partial charge < -0.3 is 24.6 Å². The van der Waals surface area contributed by atoms with Crippen molar-refractivity contribution in [2.45, 2.75) is 25.3 Å². The van der Waals surface area contributed by atoms with Crippen LogP contribution in [0, 0.1) is 0 Å². The predicted molar refractivity (Wildman–Crippen MR) is 94.0 cm³/mol. The van der Waals surface area contributed by atoms with Crippen molar-refractivity contribution in [1.29, 1.82) is 0 Å². The molecular weight excluding hydrogens is 306 g/mol. The second-order valence-corrected chi connectivity index (χ2v) is 6.39. The third-order valence-corrected chi connectivity index (χ3v) is 4.87. The number of rotatable bonds is 4. The molecule has 1 aromatic rings. The summed E-state index contributed by atoms with van der Waals surface area (Å²) in [6.45, 7) is 4.30. The molecule has 0 aliphatic carbocycles. The molecule has 1 aromatic carbocycles. The van der Waals surface area contributed by atoms with E-state index < -0.39 is 0 Å². The summed E-state index contributed by atoms with van der Waals surface area (Å²) >= 11 is 0. The molecule has 1 unspecified atom stereocenters. The van der Waals surface area contributed by atoms with Gasteiger partial charge in [0, 0.05) is 50.1 Å². The van der Waals surface area contributed by atoms with Crippen LogP contribution < -0.4 is 19.7 Å². The number of nitrogens with one attached hydrogen (secondary N) is 1. The smallest absolute Gasteiger partial charge is 0.239 e. The maximum absolute atomic E-state index is 12.6. The van der Waals surface area contributed by atoms with Crippen molar-refractivity contribution in [3.05, 3.63) is 18.2 Å². The molecule has 6 nitrogen and oxygen atoms in total. The Morgan fingerprint density at radius 3 is 2.42 bits per heavy atom. The van der Waals surface area contributed by atoms with Crippen LogP contribution in [0.3, 0.4) is 0 Å². The first-order valence-electron chi connectivity index (χ1n) is 8.71. The fourth-order valence-corrected chi connectivity index (χ4v) is 3.49. The number of methoxy groups -OCH3 is 2. The Morgan fingerprint density at radius 1 is 1.04 bits per heavy atom. The minimum absolute atomic E-state index is 0.0217. The van der Waals surface area contributed by atoms with E-state index in [9.17, 15) is 4.79 Å². The maximum atomic E-state index is 12.6. The van der Waals surface area contributed by atoms with E-state index in [1.165, 1.54) is 0 Å². The lowest BCUT2D eigenvalue weighted by Gasteiger charge is -2.26. The zero-order valence-electron chi connectivity index (χ0n) is 14.6. The number of carbonyl (C=O) groups excluding carboxylic acids is 1. The van der Waals surface area contributed by atoms with Crippen molar-refractivity contribution in [3.8, 4) is 11.5 Å². The van der Waals surface area contributed by atoms with Gasteiger partial charge in [-0.05, 0) is 25.8 Å². The molecule has 2 heterocycles. The molecule has 2 saturated heterocycles. The fourth-order valence-electron chi connectivity index (χ4n) is 3.49. The van der Waals surface area contributed by atoms with E-state index in [-0.39, 0.29) is 11.9 Å². The van der Waals surface area contributed by atoms with Crippen LogP contribution >= 0.6 is 0 Å². The highest BCUT2D eigenvalue weighted by Crippen LogP contribution is 2.29. The SMILES string of the molecule is COc1cc(OC)cc(N2CCCN(C(=O)C3CCCN3)CC2)c1. The highest BCUT2D eigenvalue weighted by molar-refractivity contribution is 5.82. The average molecular weight is 333 g/mol. The van der Waals surface area contributed by atoms with Gasteiger partial charge in [-0.25, -0.2) is 0 Å². The van der Waals surface area contributed by atoms with Gasteiger partial charge in [0.05, 0.1) is 20.3 Å². The summed E-state index contributed by atoms with van der Waals surface area (Å²) < 4.78 is 10.7. The number of nitrogens with zero attached hydrogens (tertiary/aromatic N) is 2. The first-order chi connectivity index (χ1) is 11.7. The number of anilines is 1. The zero-order chi connectivity index (χ0) is 16.9. The Labute approximate surface area is 143 Å². The molecule has 0 bridgehead atoms. The highest BCUT2D eigenvalue weighted by Gasteiger charge is 2.28. The third kappa shape index (κ3) is 3.75. The lowest BCUT2D eigenvalue weighted by atomic mass is 10.2. The Bertz CT molecular complexity index is 550. The van der Waals surface area contributed by atoms with Gasteiger partial charge in [-0.3, -0.25) is 4.79 Å². The lowest BCUT2D eigenvalue weighted by Crippen LogP contribution is -2.45. The van der Waals surface area contributed by atoms with E-state index in [0.29, 0.717) is 0 Å². The third-order valence-electron chi connectivity index (χ3n) is 4.87. The molecule has 3 rings (SSSR count). The second-order valence-electron chi connectivity index (χ2n) is 6.39. The largest absolute Gasteiger partial charge is 0.497 e. The van der Waals surface area contributed by atoms with E-state index in [1.807, 2.05) is 23.1 Å². The van der Waals surface area contributed by atoms with Crippen LogP contribution in [0.25, 0.3) is 0 Å². The van der Waals surface area contributed by atoms with Crippen LogP contribution in [0.5, 0.6) is 11.5 Å². The molecule has 6 heteroatoms. The van der Waals surface area contributed by atoms with Gasteiger partial charge in [-0.15, -0.1) is 0 Å². The van der Waals surface area contributed by atoms with Crippen molar-refractivity contribution in [2.24, 2.45) is 0 Å². The first-order valence-corrected chi connectivity index (χ1v) is 8.71. The van der Waals surface area contributed by atoms with Crippen LogP contribution in [-0.4, -0.2) is 63.8 Å². The van der Waals surface area contributed by atoms with Gasteiger partial charge in [0.15, 0.2) is 0 Å². The average Bonchev–Trinajstić information content (AvgIpc) is 3.05. The van der Waals surface area contributed by atoms with Gasteiger partial charge in [0.25, 0.3) is 0 Å². The number of amides is 1. The van der Waals surface area contributed by atoms with Gasteiger partial charge in [-0.1, -0.05) is 0 Å². The molecule has 24 heavy (non-hydrogen) atoms. The summed E-state index contributed by atoms with van der Waals surface area (Å²) in [7, 11) is 3.33. The van der Waals surface area contributed by atoms with Crippen molar-refractivity contribution in [2.75, 3.05) is 51.8 Å². The van der Waals surface area contributed by atoms with E-state index in [2.05, 4.69) is 10.2 Å². The normalized spacial score (nSPS) is 21.5. The van der Waals surface area contributed by atoms with Crippen molar-refractivity contribution >= 4 is 11.6 Å². The van der Waals surface area contributed by atoms with Crippen LogP contribution in [-0.2, 0) is 4.79 Å². The van der Waals surface area contributed by atoms with E-state index >= 15 is 0 Å². The van der Waals surface area contributed by atoms with Gasteiger partial charge in [0.2, 0.25) is 5.91 Å². The van der Waals surface area contributed by atoms with Crippen LogP contribution in [0.4, 0.5) is 5.69 Å². The molecular formula is C18H27N3O3. The molecule has 0 radical (unpaired) electrons. The molecule has 0 aromatic heterocycles. The van der Waals surface area contributed by atoms with Crippen LogP contribution in [0.1, 0.15) is 19.3 Å². The predicted octanol–water partition coefficient (Wildman–Crippen LogP) is 1.49. The molecule has 0 spiro atoms. The van der Waals surface area contributed by atoms with Gasteiger partial charge in [0.1, 0.15) is 11.5 Å². The summed E-state index contributed by atoms with van der Waals surface area (Å²) in [5, 5.41) is 3.31. The monoisotopic (exact) mass is 333 g/mol. The Balaban J connectivity index is 1.68. The first kappa shape index (κ1) is 16.9. The maximum Gasteiger partial charge on any atom is 0.239 e. The standard InChI is InChI=1S/C18H27N3O3/c1-23-15-11-14(12-16(13-15)24-2)20-7-4-8-21(10-9-20)18(22)17-5-3-6-19-17/h11-13,17,19H,3-10H2,1-2H3. The minimum Gasteiger partial charge on any atom is -0.497 e. The molecule has 0 saturated carbocycles. The molecule has 2 fully saturated rings. The van der Waals surface area contributed by atoms with E-state index in [4.69, 9.17) is 9.47 Å².